The van der Waals surface area contributed by atoms with Gasteiger partial charge in [-0.15, -0.1) is 0 Å². The lowest BCUT2D eigenvalue weighted by Crippen LogP contribution is -2.44. The van der Waals surface area contributed by atoms with Crippen LogP contribution in [-0.4, -0.2) is 42.2 Å². The molecule has 0 unspecified atom stereocenters. The number of carbonyl (C=O) groups is 1. The van der Waals surface area contributed by atoms with E-state index in [4.69, 9.17) is 11.0 Å². The van der Waals surface area contributed by atoms with Crippen LogP contribution in [0, 0.1) is 0 Å². The summed E-state index contributed by atoms with van der Waals surface area (Å²) in [6.07, 6.45) is 2.45. The van der Waals surface area contributed by atoms with Crippen LogP contribution in [0.3, 0.4) is 0 Å². The van der Waals surface area contributed by atoms with Gasteiger partial charge in [-0.3, -0.25) is 4.79 Å². The van der Waals surface area contributed by atoms with Crippen LogP contribution in [-0.2, 0) is 0 Å². The molecule has 0 radical (unpaired) electrons. The summed E-state index contributed by atoms with van der Waals surface area (Å²) in [5.74, 6) is -0.574. The number of aromatic nitrogens is 2. The predicted octanol–water partition coefficient (Wildman–Crippen LogP) is -0.301. The zero-order valence-corrected chi connectivity index (χ0v) is 6.98. The number of nitrogens with zero attached hydrogens (tertiary/aromatic N) is 3. The van der Waals surface area contributed by atoms with Crippen LogP contribution in [0.2, 0.25) is 0 Å². The van der Waals surface area contributed by atoms with Crippen LogP contribution in [0.15, 0.2) is 12.4 Å². The average Bonchev–Trinajstić information content (AvgIpc) is 2.36. The molecule has 1 aliphatic heterocycles. The van der Waals surface area contributed by atoms with Crippen molar-refractivity contribution in [1.82, 2.24) is 15.3 Å². The summed E-state index contributed by atoms with van der Waals surface area (Å²) in [5.41, 5.74) is 0.0611. The Hall–Kier alpha value is -1.49. The molecule has 74 valence electrons. The molecule has 14 heavy (non-hydrogen) atoms. The van der Waals surface area contributed by atoms with E-state index in [0.717, 1.165) is 12.4 Å². The van der Waals surface area contributed by atoms with Crippen LogP contribution in [0.5, 0.6) is 0 Å². The van der Waals surface area contributed by atoms with Crippen LogP contribution >= 0.6 is 0 Å². The largest absolute Gasteiger partial charge is 0.338 e. The first kappa shape index (κ1) is 3.58. The van der Waals surface area contributed by atoms with Crippen LogP contribution in [0.4, 0.5) is 5.95 Å². The summed E-state index contributed by atoms with van der Waals surface area (Å²) in [4.78, 5) is 18.1. The van der Waals surface area contributed by atoms with Crippen molar-refractivity contribution in [1.29, 1.82) is 0 Å². The molecule has 0 amide bonds. The Balaban J connectivity index is 2.62. The van der Waals surface area contributed by atoms with Gasteiger partial charge in [-0.25, -0.2) is 9.97 Å². The molecule has 1 aromatic heterocycles. The molecule has 5 heteroatoms. The number of piperazine rings is 1. The normalized spacial score (nSPS) is 39.6. The Labute approximate surface area is 93.4 Å². The number of hydrogen-bond donors (Lipinski definition) is 1. The zero-order valence-electron chi connectivity index (χ0n) is 15.0. The monoisotopic (exact) mass is 200 g/mol. The summed E-state index contributed by atoms with van der Waals surface area (Å²) in [6.45, 7) is -11.8. The van der Waals surface area contributed by atoms with Crippen molar-refractivity contribution in [2.45, 2.75) is 0 Å². The third kappa shape index (κ3) is 1.88. The van der Waals surface area contributed by atoms with E-state index in [2.05, 4.69) is 9.97 Å². The second-order valence-corrected chi connectivity index (χ2v) is 2.37. The lowest BCUT2D eigenvalue weighted by Gasteiger charge is -2.27. The molecule has 0 atom stereocenters. The molecule has 5 nitrogen and oxygen atoms in total. The van der Waals surface area contributed by atoms with Gasteiger partial charge in [0.2, 0.25) is 5.95 Å². The van der Waals surface area contributed by atoms with Crippen LogP contribution in [0.25, 0.3) is 0 Å². The fraction of sp³-hybridized carbons (Fsp3) is 0.444. The van der Waals surface area contributed by atoms with Crippen molar-refractivity contribution < 1.29 is 15.8 Å². The number of anilines is 1. The number of carbonyl (C=O) groups excluding carboxylic acids is 1. The SMILES string of the molecule is [2H]C1([2H])NC([2H])([2H])C([2H])([2H])N(c2ncc(C=O)cn2)C1([2H])[2H]. The molecule has 1 aliphatic rings. The summed E-state index contributed by atoms with van der Waals surface area (Å²) in [7, 11) is 0. The van der Waals surface area contributed by atoms with E-state index >= 15 is 0 Å². The second-order valence-electron chi connectivity index (χ2n) is 2.37. The molecular weight excluding hydrogens is 180 g/mol. The molecule has 1 N–H and O–H groups in total. The fourth-order valence-corrected chi connectivity index (χ4v) is 0.834. The van der Waals surface area contributed by atoms with Gasteiger partial charge in [0, 0.05) is 43.9 Å². The molecule has 0 bridgehead atoms. The maximum absolute atomic E-state index is 10.6. The van der Waals surface area contributed by atoms with E-state index in [9.17, 15) is 4.79 Å². The van der Waals surface area contributed by atoms with Gasteiger partial charge >= 0.3 is 0 Å². The minimum atomic E-state index is -3.00. The fourth-order valence-electron chi connectivity index (χ4n) is 0.834. The first-order valence-electron chi connectivity index (χ1n) is 7.74. The maximum atomic E-state index is 10.6. The highest BCUT2D eigenvalue weighted by Gasteiger charge is 2.12. The van der Waals surface area contributed by atoms with Crippen molar-refractivity contribution in [2.24, 2.45) is 0 Å². The van der Waals surface area contributed by atoms with E-state index in [1.807, 2.05) is 0 Å². The lowest BCUT2D eigenvalue weighted by atomic mass is 10.3. The molecule has 0 saturated carbocycles. The van der Waals surface area contributed by atoms with E-state index in [0.29, 0.717) is 6.29 Å². The van der Waals surface area contributed by atoms with Gasteiger partial charge in [0.15, 0.2) is 6.29 Å². The van der Waals surface area contributed by atoms with Gasteiger partial charge in [-0.2, -0.15) is 0 Å². The second kappa shape index (κ2) is 4.15. The van der Waals surface area contributed by atoms with E-state index in [1.165, 1.54) is 0 Å². The number of aldehydes is 1. The quantitative estimate of drug-likeness (QED) is 0.664. The minimum Gasteiger partial charge on any atom is -0.338 e. The van der Waals surface area contributed by atoms with Crippen molar-refractivity contribution in [3.63, 3.8) is 0 Å². The average molecular weight is 200 g/mol. The molecule has 0 aromatic carbocycles. The molecule has 2 rings (SSSR count). The van der Waals surface area contributed by atoms with Gasteiger partial charge in [0.25, 0.3) is 0 Å². The topological polar surface area (TPSA) is 58.1 Å². The van der Waals surface area contributed by atoms with E-state index < -0.39 is 31.9 Å². The third-order valence-corrected chi connectivity index (χ3v) is 1.45. The Morgan fingerprint density at radius 1 is 1.43 bits per heavy atom. The molecule has 0 aliphatic carbocycles. The Morgan fingerprint density at radius 3 is 2.64 bits per heavy atom. The standard InChI is InChI=1S/C9H12N4O/c14-7-8-5-11-9(12-6-8)13-3-1-10-2-4-13/h5-7,10H,1-4H2/i1D2,2D2,3D2,4D2. The highest BCUT2D eigenvalue weighted by Crippen LogP contribution is 2.06. The first-order valence-corrected chi connectivity index (χ1v) is 3.74. The molecule has 1 saturated heterocycles. The summed E-state index contributed by atoms with van der Waals surface area (Å²) in [6, 6.07) is 0. The van der Waals surface area contributed by atoms with Crippen LogP contribution in [0.1, 0.15) is 21.3 Å². The molecule has 2 heterocycles. The van der Waals surface area contributed by atoms with Crippen molar-refractivity contribution in [3.05, 3.63) is 18.0 Å². The molecule has 1 aromatic rings. The highest BCUT2D eigenvalue weighted by molar-refractivity contribution is 5.73. The Morgan fingerprint density at radius 2 is 2.07 bits per heavy atom. The highest BCUT2D eigenvalue weighted by atomic mass is 16.1. The van der Waals surface area contributed by atoms with Crippen molar-refractivity contribution in [2.75, 3.05) is 30.9 Å². The maximum Gasteiger partial charge on any atom is 0.225 e. The predicted molar refractivity (Wildman–Crippen MR) is 52.5 cm³/mol. The van der Waals surface area contributed by atoms with Gasteiger partial charge in [-0.1, -0.05) is 0 Å². The van der Waals surface area contributed by atoms with E-state index in [1.54, 1.807) is 5.32 Å². The molecule has 0 spiro atoms. The number of rotatable bonds is 2. The Kier molecular flexibility index (Phi) is 1.06. The lowest BCUT2D eigenvalue weighted by molar-refractivity contribution is 0.112. The smallest absolute Gasteiger partial charge is 0.225 e. The van der Waals surface area contributed by atoms with Gasteiger partial charge in [-0.05, 0) is 0 Å². The number of hydrogen-bond acceptors (Lipinski definition) is 5. The van der Waals surface area contributed by atoms with Crippen molar-refractivity contribution >= 4 is 12.2 Å². The zero-order chi connectivity index (χ0) is 17.0. The first-order chi connectivity index (χ1) is 9.87. The molecular formula is C9H12N4O. The molecule has 1 fully saturated rings. The minimum absolute atomic E-state index is 0.0611. The van der Waals surface area contributed by atoms with Crippen molar-refractivity contribution in [3.8, 4) is 0 Å². The van der Waals surface area contributed by atoms with Gasteiger partial charge in [0.05, 0.1) is 11.0 Å². The third-order valence-electron chi connectivity index (χ3n) is 1.45. The van der Waals surface area contributed by atoms with Gasteiger partial charge in [0.1, 0.15) is 0 Å². The summed E-state index contributed by atoms with van der Waals surface area (Å²) in [5, 5.41) is 1.70. The van der Waals surface area contributed by atoms with E-state index in [-0.39, 0.29) is 10.5 Å². The Bertz CT molecular complexity index is 564. The summed E-state index contributed by atoms with van der Waals surface area (Å²) < 4.78 is 62.0. The van der Waals surface area contributed by atoms with Gasteiger partial charge < -0.3 is 10.2 Å². The summed E-state index contributed by atoms with van der Waals surface area (Å²) >= 11 is 0. The number of nitrogens with one attached hydrogen (secondary N) is 1. The van der Waals surface area contributed by atoms with Crippen LogP contribution < -0.4 is 10.2 Å².